The maximum absolute atomic E-state index is 12.5. The van der Waals surface area contributed by atoms with Gasteiger partial charge in [0.05, 0.1) is 18.7 Å². The molecule has 1 fully saturated rings. The van der Waals surface area contributed by atoms with Crippen LogP contribution in [0.4, 0.5) is 0 Å². The maximum Gasteiger partial charge on any atom is 0.338 e. The summed E-state index contributed by atoms with van der Waals surface area (Å²) in [7, 11) is 1.73. The minimum Gasteiger partial charge on any atom is -0.458 e. The molecule has 0 aromatic heterocycles. The lowest BCUT2D eigenvalue weighted by atomic mass is 9.98. The molecule has 0 radical (unpaired) electrons. The minimum atomic E-state index is -1.04. The Balaban J connectivity index is 2.27. The first-order chi connectivity index (χ1) is 12.0. The average molecular weight is 360 g/mol. The van der Waals surface area contributed by atoms with Gasteiger partial charge in [-0.1, -0.05) is 30.3 Å². The van der Waals surface area contributed by atoms with Gasteiger partial charge in [0.1, 0.15) is 11.7 Å². The summed E-state index contributed by atoms with van der Waals surface area (Å²) in [5.74, 6) is -1.31. The summed E-state index contributed by atoms with van der Waals surface area (Å²) in [5.41, 5.74) is 0.314. The fourth-order valence-electron chi connectivity index (χ4n) is 2.91. The fourth-order valence-corrected chi connectivity index (χ4v) is 2.91. The van der Waals surface area contributed by atoms with Crippen molar-refractivity contribution in [3.63, 3.8) is 0 Å². The first kappa shape index (κ1) is 20.4. The summed E-state index contributed by atoms with van der Waals surface area (Å²) in [4.78, 5) is 14.2. The first-order valence-electron chi connectivity index (χ1n) is 8.75. The highest BCUT2D eigenvalue weighted by Crippen LogP contribution is 2.35. The van der Waals surface area contributed by atoms with E-state index in [9.17, 15) is 10.1 Å². The molecule has 26 heavy (non-hydrogen) atoms. The lowest BCUT2D eigenvalue weighted by Crippen LogP contribution is -2.55. The molecule has 0 bridgehead atoms. The molecule has 0 spiro atoms. The van der Waals surface area contributed by atoms with Gasteiger partial charge in [0.25, 0.3) is 0 Å². The van der Waals surface area contributed by atoms with Crippen molar-refractivity contribution >= 4 is 5.97 Å². The Bertz CT molecular complexity index is 661. The van der Waals surface area contributed by atoms with E-state index in [2.05, 4.69) is 6.07 Å². The number of ether oxygens (including phenoxy) is 3. The fraction of sp³-hybridized carbons (Fsp3) is 0.600. The third kappa shape index (κ3) is 5.04. The Morgan fingerprint density at radius 3 is 2.50 bits per heavy atom. The van der Waals surface area contributed by atoms with Crippen molar-refractivity contribution in [2.45, 2.75) is 64.2 Å². The minimum absolute atomic E-state index is 0.303. The van der Waals surface area contributed by atoms with Crippen LogP contribution in [0.1, 0.15) is 46.3 Å². The molecule has 1 unspecified atom stereocenters. The third-order valence-corrected chi connectivity index (χ3v) is 4.17. The highest BCUT2D eigenvalue weighted by Gasteiger charge is 2.43. The summed E-state index contributed by atoms with van der Waals surface area (Å²) in [6.07, 6.45) is -0.330. The zero-order valence-electron chi connectivity index (χ0n) is 16.4. The smallest absolute Gasteiger partial charge is 0.338 e. The van der Waals surface area contributed by atoms with Gasteiger partial charge in [0, 0.05) is 0 Å². The quantitative estimate of drug-likeness (QED) is 0.769. The van der Waals surface area contributed by atoms with Gasteiger partial charge in [0.2, 0.25) is 0 Å². The number of carbonyl (C=O) groups excluding carboxylic acids is 1. The second-order valence-electron chi connectivity index (χ2n) is 7.96. The number of nitriles is 1. The van der Waals surface area contributed by atoms with Crippen LogP contribution < -0.4 is 0 Å². The normalized spacial score (nSPS) is 23.9. The zero-order chi connectivity index (χ0) is 19.5. The number of likely N-dealkylation sites (N-methyl/N-ethyl adjacent to an activating group) is 1. The molecule has 1 aromatic carbocycles. The maximum atomic E-state index is 12.5. The topological polar surface area (TPSA) is 71.8 Å². The zero-order valence-corrected chi connectivity index (χ0v) is 16.4. The van der Waals surface area contributed by atoms with Crippen LogP contribution in [-0.2, 0) is 19.0 Å². The number of nitrogens with zero attached hydrogens (tertiary/aromatic N) is 2. The van der Waals surface area contributed by atoms with Gasteiger partial charge in [-0.3, -0.25) is 4.90 Å². The van der Waals surface area contributed by atoms with Crippen molar-refractivity contribution in [2.24, 2.45) is 0 Å². The van der Waals surface area contributed by atoms with Crippen LogP contribution in [0, 0.1) is 11.3 Å². The van der Waals surface area contributed by atoms with Crippen LogP contribution in [0.15, 0.2) is 30.3 Å². The largest absolute Gasteiger partial charge is 0.458 e. The van der Waals surface area contributed by atoms with E-state index in [-0.39, 0.29) is 12.1 Å². The molecule has 0 saturated carbocycles. The molecule has 1 aromatic rings. The molecule has 0 aliphatic carbocycles. The van der Waals surface area contributed by atoms with Gasteiger partial charge < -0.3 is 14.2 Å². The SMILES string of the molecule is CN(C(C#N)C(=O)OC(C)(C)C)[C@H]1COC(C)(C)O[C@H]1c1ccccc1. The van der Waals surface area contributed by atoms with Gasteiger partial charge in [-0.2, -0.15) is 5.26 Å². The van der Waals surface area contributed by atoms with E-state index < -0.39 is 23.4 Å². The van der Waals surface area contributed by atoms with Crippen LogP contribution >= 0.6 is 0 Å². The molecular weight excluding hydrogens is 332 g/mol. The van der Waals surface area contributed by atoms with Crippen molar-refractivity contribution in [1.82, 2.24) is 4.90 Å². The van der Waals surface area contributed by atoms with E-state index in [1.54, 1.807) is 32.7 Å². The van der Waals surface area contributed by atoms with E-state index in [1.807, 2.05) is 44.2 Å². The van der Waals surface area contributed by atoms with Crippen molar-refractivity contribution in [3.05, 3.63) is 35.9 Å². The van der Waals surface area contributed by atoms with Crippen LogP contribution in [0.3, 0.4) is 0 Å². The molecule has 1 heterocycles. The van der Waals surface area contributed by atoms with Gasteiger partial charge in [-0.15, -0.1) is 0 Å². The number of hydrogen-bond donors (Lipinski definition) is 0. The van der Waals surface area contributed by atoms with Crippen LogP contribution in [0.5, 0.6) is 0 Å². The van der Waals surface area contributed by atoms with Crippen LogP contribution in [0.25, 0.3) is 0 Å². The highest BCUT2D eigenvalue weighted by atomic mass is 16.7. The van der Waals surface area contributed by atoms with Crippen molar-refractivity contribution < 1.29 is 19.0 Å². The van der Waals surface area contributed by atoms with E-state index >= 15 is 0 Å². The highest BCUT2D eigenvalue weighted by molar-refractivity contribution is 5.79. The summed E-state index contributed by atoms with van der Waals surface area (Å²) in [6, 6.07) is 10.5. The van der Waals surface area contributed by atoms with Gasteiger partial charge in [-0.25, -0.2) is 4.79 Å². The van der Waals surface area contributed by atoms with Gasteiger partial charge in [-0.05, 0) is 47.2 Å². The molecule has 6 heteroatoms. The molecule has 1 saturated heterocycles. The number of esters is 1. The second kappa shape index (κ2) is 7.75. The summed E-state index contributed by atoms with van der Waals surface area (Å²) in [5, 5.41) is 9.58. The molecular formula is C20H28N2O4. The first-order valence-corrected chi connectivity index (χ1v) is 8.75. The van der Waals surface area contributed by atoms with E-state index in [0.29, 0.717) is 6.61 Å². The van der Waals surface area contributed by atoms with Gasteiger partial charge in [0.15, 0.2) is 11.8 Å². The van der Waals surface area contributed by atoms with Crippen molar-refractivity contribution in [2.75, 3.05) is 13.7 Å². The summed E-state index contributed by atoms with van der Waals surface area (Å²) >= 11 is 0. The van der Waals surface area contributed by atoms with Crippen LogP contribution in [0.2, 0.25) is 0 Å². The molecule has 1 aliphatic heterocycles. The van der Waals surface area contributed by atoms with E-state index in [1.165, 1.54) is 0 Å². The molecule has 1 aliphatic rings. The van der Waals surface area contributed by atoms with E-state index in [4.69, 9.17) is 14.2 Å². The molecule has 2 rings (SSSR count). The molecule has 0 amide bonds. The number of rotatable bonds is 4. The standard InChI is InChI=1S/C20H28N2O4/c1-19(2,3)26-18(23)15(12-21)22(6)16-13-24-20(4,5)25-17(16)14-10-8-7-9-11-14/h7-11,15-17H,13H2,1-6H3/t15?,16-,17-/m0/s1. The number of benzene rings is 1. The predicted octanol–water partition coefficient (Wildman–Crippen LogP) is 3.04. The van der Waals surface area contributed by atoms with Gasteiger partial charge >= 0.3 is 5.97 Å². The molecule has 142 valence electrons. The van der Waals surface area contributed by atoms with E-state index in [0.717, 1.165) is 5.56 Å². The number of hydrogen-bond acceptors (Lipinski definition) is 6. The molecule has 6 nitrogen and oxygen atoms in total. The lowest BCUT2D eigenvalue weighted by Gasteiger charge is -2.45. The second-order valence-corrected chi connectivity index (χ2v) is 7.96. The summed E-state index contributed by atoms with van der Waals surface area (Å²) in [6.45, 7) is 9.39. The molecule has 3 atom stereocenters. The summed E-state index contributed by atoms with van der Waals surface area (Å²) < 4.78 is 17.3. The predicted molar refractivity (Wildman–Crippen MR) is 97.1 cm³/mol. The lowest BCUT2D eigenvalue weighted by molar-refractivity contribution is -0.296. The molecule has 0 N–H and O–H groups in total. The number of carbonyl (C=O) groups is 1. The third-order valence-electron chi connectivity index (χ3n) is 4.17. The van der Waals surface area contributed by atoms with Crippen molar-refractivity contribution in [3.8, 4) is 6.07 Å². The Labute approximate surface area is 155 Å². The monoisotopic (exact) mass is 360 g/mol. The average Bonchev–Trinajstić information content (AvgIpc) is 2.53. The Morgan fingerprint density at radius 2 is 1.96 bits per heavy atom. The Kier molecular flexibility index (Phi) is 6.07. The Hall–Kier alpha value is -1.94. The van der Waals surface area contributed by atoms with Crippen molar-refractivity contribution in [1.29, 1.82) is 5.26 Å². The Morgan fingerprint density at radius 1 is 1.35 bits per heavy atom. The van der Waals surface area contributed by atoms with Crippen LogP contribution in [-0.4, -0.2) is 48.0 Å².